The zero-order valence-corrected chi connectivity index (χ0v) is 9.32. The van der Waals surface area contributed by atoms with Crippen LogP contribution in [0.1, 0.15) is 37.8 Å². The molecule has 0 aliphatic heterocycles. The Hall–Kier alpha value is -1.35. The Kier molecular flexibility index (Phi) is 3.15. The molecule has 3 heteroatoms. The van der Waals surface area contributed by atoms with Crippen LogP contribution in [0, 0.1) is 0 Å². The van der Waals surface area contributed by atoms with Crippen LogP contribution in [0.3, 0.4) is 0 Å². The highest BCUT2D eigenvalue weighted by Gasteiger charge is 2.29. The van der Waals surface area contributed by atoms with Crippen molar-refractivity contribution in [2.45, 2.75) is 32.3 Å². The average Bonchev–Trinajstić information content (AvgIpc) is 2.17. The fourth-order valence-corrected chi connectivity index (χ4v) is 1.33. The lowest BCUT2D eigenvalue weighted by atomic mass is 9.92. The highest BCUT2D eigenvalue weighted by Crippen LogP contribution is 2.22. The summed E-state index contributed by atoms with van der Waals surface area (Å²) >= 11 is 0. The predicted molar refractivity (Wildman–Crippen MR) is 59.3 cm³/mol. The van der Waals surface area contributed by atoms with Gasteiger partial charge in [0, 0.05) is 0 Å². The fourth-order valence-electron chi connectivity index (χ4n) is 1.33. The lowest BCUT2D eigenvalue weighted by Crippen LogP contribution is -2.38. The third kappa shape index (κ3) is 2.36. The third-order valence-electron chi connectivity index (χ3n) is 2.62. The molecule has 1 aromatic rings. The molecule has 0 spiro atoms. The average molecular weight is 207 g/mol. The summed E-state index contributed by atoms with van der Waals surface area (Å²) in [6.45, 7) is 5.57. The molecule has 0 aliphatic rings. The minimum atomic E-state index is -1.59. The number of rotatable bonds is 3. The van der Waals surface area contributed by atoms with Crippen molar-refractivity contribution in [2.75, 3.05) is 0 Å². The lowest BCUT2D eigenvalue weighted by Gasteiger charge is -2.20. The Morgan fingerprint density at radius 3 is 2.13 bits per heavy atom. The molecule has 0 fully saturated rings. The van der Waals surface area contributed by atoms with E-state index in [0.29, 0.717) is 11.5 Å². The fraction of sp³-hybridized carbons (Fsp3) is 0.417. The molecule has 3 N–H and O–H groups in total. The SMILES string of the molecule is CC(C)c1ccc(C(C)(O)C(N)=O)cc1. The first-order valence-corrected chi connectivity index (χ1v) is 4.98. The van der Waals surface area contributed by atoms with Crippen molar-refractivity contribution in [3.8, 4) is 0 Å². The molecule has 1 amide bonds. The maximum atomic E-state index is 11.0. The molecular formula is C12H17NO2. The van der Waals surface area contributed by atoms with Gasteiger partial charge in [-0.1, -0.05) is 38.1 Å². The summed E-state index contributed by atoms with van der Waals surface area (Å²) in [6.07, 6.45) is 0. The molecule has 0 bridgehead atoms. The standard InChI is InChI=1S/C12H17NO2/c1-8(2)9-4-6-10(7-5-9)12(3,15)11(13)14/h4-8,15H,1-3H3,(H2,13,14). The Balaban J connectivity index is 3.04. The largest absolute Gasteiger partial charge is 0.376 e. The van der Waals surface area contributed by atoms with Crippen molar-refractivity contribution in [1.29, 1.82) is 0 Å². The van der Waals surface area contributed by atoms with Gasteiger partial charge in [-0.25, -0.2) is 0 Å². The van der Waals surface area contributed by atoms with Crippen molar-refractivity contribution in [2.24, 2.45) is 5.73 Å². The summed E-state index contributed by atoms with van der Waals surface area (Å²) < 4.78 is 0. The van der Waals surface area contributed by atoms with Gasteiger partial charge < -0.3 is 10.8 Å². The van der Waals surface area contributed by atoms with Gasteiger partial charge in [0.1, 0.15) is 0 Å². The van der Waals surface area contributed by atoms with Crippen molar-refractivity contribution in [3.05, 3.63) is 35.4 Å². The van der Waals surface area contributed by atoms with Crippen molar-refractivity contribution in [1.82, 2.24) is 0 Å². The van der Waals surface area contributed by atoms with Crippen LogP contribution in [-0.2, 0) is 10.4 Å². The van der Waals surface area contributed by atoms with Crippen molar-refractivity contribution >= 4 is 5.91 Å². The number of amides is 1. The maximum absolute atomic E-state index is 11.0. The Labute approximate surface area is 89.9 Å². The molecule has 0 saturated heterocycles. The molecule has 0 saturated carbocycles. The molecular weight excluding hydrogens is 190 g/mol. The van der Waals surface area contributed by atoms with Gasteiger partial charge in [0.25, 0.3) is 5.91 Å². The van der Waals surface area contributed by atoms with Crippen LogP contribution in [-0.4, -0.2) is 11.0 Å². The Morgan fingerprint density at radius 2 is 1.80 bits per heavy atom. The summed E-state index contributed by atoms with van der Waals surface area (Å²) in [6, 6.07) is 7.27. The van der Waals surface area contributed by atoms with E-state index in [-0.39, 0.29) is 0 Å². The molecule has 0 heterocycles. The number of nitrogens with two attached hydrogens (primary N) is 1. The summed E-state index contributed by atoms with van der Waals surface area (Å²) in [5, 5.41) is 9.82. The maximum Gasteiger partial charge on any atom is 0.253 e. The molecule has 1 atom stereocenters. The van der Waals surface area contributed by atoms with Crippen LogP contribution in [0.4, 0.5) is 0 Å². The Morgan fingerprint density at radius 1 is 1.33 bits per heavy atom. The topological polar surface area (TPSA) is 63.3 Å². The normalized spacial score (nSPS) is 15.0. The van der Waals surface area contributed by atoms with Gasteiger partial charge >= 0.3 is 0 Å². The van der Waals surface area contributed by atoms with E-state index in [1.54, 1.807) is 12.1 Å². The van der Waals surface area contributed by atoms with E-state index < -0.39 is 11.5 Å². The van der Waals surface area contributed by atoms with Gasteiger partial charge in [-0.2, -0.15) is 0 Å². The first-order valence-electron chi connectivity index (χ1n) is 4.98. The summed E-state index contributed by atoms with van der Waals surface area (Å²) in [5.41, 5.74) is 5.22. The first kappa shape index (κ1) is 11.7. The number of carbonyl (C=O) groups excluding carboxylic acids is 1. The Bertz CT molecular complexity index is 352. The highest BCUT2D eigenvalue weighted by atomic mass is 16.3. The molecule has 15 heavy (non-hydrogen) atoms. The molecule has 82 valence electrons. The number of primary amides is 1. The van der Waals surface area contributed by atoms with Crippen LogP contribution in [0.15, 0.2) is 24.3 Å². The van der Waals surface area contributed by atoms with E-state index in [9.17, 15) is 9.90 Å². The van der Waals surface area contributed by atoms with E-state index in [2.05, 4.69) is 13.8 Å². The second-order valence-corrected chi connectivity index (χ2v) is 4.21. The van der Waals surface area contributed by atoms with Crippen LogP contribution in [0.2, 0.25) is 0 Å². The lowest BCUT2D eigenvalue weighted by molar-refractivity contribution is -0.135. The van der Waals surface area contributed by atoms with Crippen LogP contribution < -0.4 is 5.73 Å². The molecule has 3 nitrogen and oxygen atoms in total. The molecule has 1 aromatic carbocycles. The smallest absolute Gasteiger partial charge is 0.253 e. The van der Waals surface area contributed by atoms with Crippen LogP contribution >= 0.6 is 0 Å². The van der Waals surface area contributed by atoms with Gasteiger partial charge in [0.2, 0.25) is 0 Å². The zero-order chi connectivity index (χ0) is 11.6. The van der Waals surface area contributed by atoms with Gasteiger partial charge in [-0.3, -0.25) is 4.79 Å². The highest BCUT2D eigenvalue weighted by molar-refractivity contribution is 5.84. The quantitative estimate of drug-likeness (QED) is 0.789. The number of hydrogen-bond acceptors (Lipinski definition) is 2. The minimum Gasteiger partial charge on any atom is -0.376 e. The first-order chi connectivity index (χ1) is 6.85. The van der Waals surface area contributed by atoms with E-state index >= 15 is 0 Å². The van der Waals surface area contributed by atoms with E-state index in [1.165, 1.54) is 12.5 Å². The summed E-state index contributed by atoms with van der Waals surface area (Å²) in [5.74, 6) is -0.308. The number of benzene rings is 1. The number of carbonyl (C=O) groups is 1. The van der Waals surface area contributed by atoms with Gasteiger partial charge in [0.15, 0.2) is 5.60 Å². The van der Waals surface area contributed by atoms with Gasteiger partial charge in [0.05, 0.1) is 0 Å². The second kappa shape index (κ2) is 4.03. The molecule has 1 unspecified atom stereocenters. The number of hydrogen-bond donors (Lipinski definition) is 2. The van der Waals surface area contributed by atoms with Crippen molar-refractivity contribution in [3.63, 3.8) is 0 Å². The van der Waals surface area contributed by atoms with Crippen molar-refractivity contribution < 1.29 is 9.90 Å². The third-order valence-corrected chi connectivity index (χ3v) is 2.62. The summed E-state index contributed by atoms with van der Waals surface area (Å²) in [4.78, 5) is 11.0. The molecule has 0 radical (unpaired) electrons. The molecule has 1 rings (SSSR count). The molecule has 0 aromatic heterocycles. The predicted octanol–water partition coefficient (Wildman–Crippen LogP) is 1.50. The molecule has 0 aliphatic carbocycles. The summed E-state index contributed by atoms with van der Waals surface area (Å²) in [7, 11) is 0. The second-order valence-electron chi connectivity index (χ2n) is 4.21. The minimum absolute atomic E-state index is 0.428. The van der Waals surface area contributed by atoms with Gasteiger partial charge in [-0.15, -0.1) is 0 Å². The van der Waals surface area contributed by atoms with E-state index in [0.717, 1.165) is 0 Å². The van der Waals surface area contributed by atoms with Gasteiger partial charge in [-0.05, 0) is 24.0 Å². The van der Waals surface area contributed by atoms with Crippen LogP contribution in [0.5, 0.6) is 0 Å². The van der Waals surface area contributed by atoms with E-state index in [4.69, 9.17) is 5.73 Å². The van der Waals surface area contributed by atoms with Crippen LogP contribution in [0.25, 0.3) is 0 Å². The number of aliphatic hydroxyl groups is 1. The zero-order valence-electron chi connectivity index (χ0n) is 9.32. The monoisotopic (exact) mass is 207 g/mol. The van der Waals surface area contributed by atoms with E-state index in [1.807, 2.05) is 12.1 Å².